The Kier molecular flexibility index (Phi) is 3.76. The Morgan fingerprint density at radius 3 is 2.89 bits per heavy atom. The average Bonchev–Trinajstić information content (AvgIpc) is 2.77. The molecule has 0 aromatic carbocycles. The number of amides is 1. The van der Waals surface area contributed by atoms with E-state index in [0.29, 0.717) is 17.8 Å². The lowest BCUT2D eigenvalue weighted by molar-refractivity contribution is 0.0934. The number of hydrogen-bond donors (Lipinski definition) is 2. The molecule has 0 spiro atoms. The molecule has 1 amide bonds. The van der Waals surface area contributed by atoms with Gasteiger partial charge in [-0.1, -0.05) is 31.4 Å². The summed E-state index contributed by atoms with van der Waals surface area (Å²) in [5, 5.41) is 3.12. The predicted octanol–water partition coefficient (Wildman–Crippen LogP) is 2.63. The Bertz CT molecular complexity index is 456. The van der Waals surface area contributed by atoms with Crippen molar-refractivity contribution in [1.29, 1.82) is 0 Å². The van der Waals surface area contributed by atoms with Gasteiger partial charge in [-0.05, 0) is 24.3 Å². The van der Waals surface area contributed by atoms with Crippen molar-refractivity contribution < 1.29 is 4.79 Å². The molecule has 3 N–H and O–H groups in total. The van der Waals surface area contributed by atoms with E-state index in [0.717, 1.165) is 12.8 Å². The smallest absolute Gasteiger partial charge is 0.254 e. The van der Waals surface area contributed by atoms with Gasteiger partial charge in [0.15, 0.2) is 0 Å². The van der Waals surface area contributed by atoms with Crippen molar-refractivity contribution in [3.8, 4) is 0 Å². The Morgan fingerprint density at radius 2 is 2.22 bits per heavy atom. The Hall–Kier alpha value is -1.29. The highest BCUT2D eigenvalue weighted by atomic mass is 35.5. The zero-order valence-corrected chi connectivity index (χ0v) is 11.3. The summed E-state index contributed by atoms with van der Waals surface area (Å²) in [5.74, 6) is -0.201. The van der Waals surface area contributed by atoms with Crippen molar-refractivity contribution in [3.63, 3.8) is 0 Å². The molecule has 0 bridgehead atoms. The molecule has 0 radical (unpaired) electrons. The summed E-state index contributed by atoms with van der Waals surface area (Å²) < 4.78 is 0. The number of rotatable bonds is 3. The molecule has 1 heterocycles. The lowest BCUT2D eigenvalue weighted by Gasteiger charge is -2.23. The molecule has 5 heteroatoms. The molecule has 0 saturated heterocycles. The second-order valence-electron chi connectivity index (χ2n) is 5.31. The fourth-order valence-corrected chi connectivity index (χ4v) is 2.61. The molecular weight excluding hydrogens is 250 g/mol. The van der Waals surface area contributed by atoms with E-state index in [9.17, 15) is 4.79 Å². The minimum absolute atomic E-state index is 0.193. The van der Waals surface area contributed by atoms with Crippen LogP contribution in [0.15, 0.2) is 12.3 Å². The average molecular weight is 268 g/mol. The standard InChI is InChI=1S/C13H18ClN3O/c1-13(4-2-3-5-13)8-17-12(18)10-6-9(15)7-16-11(10)14/h6-7H,2-5,8,15H2,1H3,(H,17,18). The van der Waals surface area contributed by atoms with Crippen molar-refractivity contribution in [2.45, 2.75) is 32.6 Å². The first-order valence-corrected chi connectivity index (χ1v) is 6.57. The van der Waals surface area contributed by atoms with E-state index in [1.165, 1.54) is 19.0 Å². The van der Waals surface area contributed by atoms with E-state index in [4.69, 9.17) is 17.3 Å². The minimum Gasteiger partial charge on any atom is -0.397 e. The first kappa shape index (κ1) is 13.1. The third kappa shape index (κ3) is 2.93. The van der Waals surface area contributed by atoms with Gasteiger partial charge in [0.05, 0.1) is 17.4 Å². The Morgan fingerprint density at radius 1 is 1.56 bits per heavy atom. The molecule has 1 saturated carbocycles. The quantitative estimate of drug-likeness (QED) is 0.828. The van der Waals surface area contributed by atoms with Gasteiger partial charge in [0.25, 0.3) is 5.91 Å². The maximum absolute atomic E-state index is 12.0. The summed E-state index contributed by atoms with van der Waals surface area (Å²) in [4.78, 5) is 15.9. The first-order valence-electron chi connectivity index (χ1n) is 6.19. The van der Waals surface area contributed by atoms with Crippen LogP contribution in [0.1, 0.15) is 43.0 Å². The molecule has 1 aliphatic carbocycles. The van der Waals surface area contributed by atoms with Crippen LogP contribution in [0.25, 0.3) is 0 Å². The topological polar surface area (TPSA) is 68.0 Å². The maximum Gasteiger partial charge on any atom is 0.254 e. The van der Waals surface area contributed by atoms with Gasteiger partial charge in [-0.15, -0.1) is 0 Å². The number of nitrogens with zero attached hydrogens (tertiary/aromatic N) is 1. The van der Waals surface area contributed by atoms with Gasteiger partial charge < -0.3 is 11.1 Å². The van der Waals surface area contributed by atoms with Crippen molar-refractivity contribution in [3.05, 3.63) is 23.0 Å². The summed E-state index contributed by atoms with van der Waals surface area (Å²) in [6.07, 6.45) is 6.25. The van der Waals surface area contributed by atoms with Crippen LogP contribution in [0, 0.1) is 5.41 Å². The van der Waals surface area contributed by atoms with E-state index in [1.54, 1.807) is 6.07 Å². The Balaban J connectivity index is 2.01. The zero-order chi connectivity index (χ0) is 13.2. The van der Waals surface area contributed by atoms with Crippen LogP contribution < -0.4 is 11.1 Å². The van der Waals surface area contributed by atoms with Crippen molar-refractivity contribution in [2.75, 3.05) is 12.3 Å². The van der Waals surface area contributed by atoms with Crippen LogP contribution in [-0.2, 0) is 0 Å². The van der Waals surface area contributed by atoms with Gasteiger partial charge in [0, 0.05) is 6.54 Å². The summed E-state index contributed by atoms with van der Waals surface area (Å²) in [6.45, 7) is 2.89. The highest BCUT2D eigenvalue weighted by molar-refractivity contribution is 6.32. The number of nitrogens with two attached hydrogens (primary N) is 1. The molecular formula is C13H18ClN3O. The molecule has 1 aromatic rings. The normalized spacial score (nSPS) is 17.7. The molecule has 0 aliphatic heterocycles. The fourth-order valence-electron chi connectivity index (χ4n) is 2.42. The van der Waals surface area contributed by atoms with E-state index in [-0.39, 0.29) is 16.5 Å². The van der Waals surface area contributed by atoms with Gasteiger partial charge in [0.2, 0.25) is 0 Å². The second kappa shape index (κ2) is 5.14. The van der Waals surface area contributed by atoms with Gasteiger partial charge in [0.1, 0.15) is 5.15 Å². The van der Waals surface area contributed by atoms with Crippen LogP contribution in [0.5, 0.6) is 0 Å². The highest BCUT2D eigenvalue weighted by Crippen LogP contribution is 2.36. The van der Waals surface area contributed by atoms with E-state index in [1.807, 2.05) is 0 Å². The number of aromatic nitrogens is 1. The second-order valence-corrected chi connectivity index (χ2v) is 5.67. The molecule has 1 aromatic heterocycles. The molecule has 4 nitrogen and oxygen atoms in total. The van der Waals surface area contributed by atoms with Crippen LogP contribution in [0.3, 0.4) is 0 Å². The predicted molar refractivity (Wildman–Crippen MR) is 72.6 cm³/mol. The van der Waals surface area contributed by atoms with Crippen LogP contribution in [-0.4, -0.2) is 17.4 Å². The zero-order valence-electron chi connectivity index (χ0n) is 10.5. The Labute approximate surface area is 112 Å². The van der Waals surface area contributed by atoms with Crippen molar-refractivity contribution >= 4 is 23.2 Å². The number of halogens is 1. The van der Waals surface area contributed by atoms with Gasteiger partial charge in [-0.25, -0.2) is 4.98 Å². The van der Waals surface area contributed by atoms with Gasteiger partial charge in [-0.2, -0.15) is 0 Å². The molecule has 98 valence electrons. The monoisotopic (exact) mass is 267 g/mol. The van der Waals surface area contributed by atoms with E-state index in [2.05, 4.69) is 17.2 Å². The number of pyridine rings is 1. The van der Waals surface area contributed by atoms with E-state index >= 15 is 0 Å². The van der Waals surface area contributed by atoms with E-state index < -0.39 is 0 Å². The number of carbonyl (C=O) groups is 1. The lowest BCUT2D eigenvalue weighted by atomic mass is 9.89. The summed E-state index contributed by atoms with van der Waals surface area (Å²) in [6, 6.07) is 1.56. The van der Waals surface area contributed by atoms with Crippen LogP contribution >= 0.6 is 11.6 Å². The van der Waals surface area contributed by atoms with Gasteiger partial charge >= 0.3 is 0 Å². The number of anilines is 1. The molecule has 18 heavy (non-hydrogen) atoms. The third-order valence-electron chi connectivity index (χ3n) is 3.59. The lowest BCUT2D eigenvalue weighted by Crippen LogP contribution is -2.34. The number of nitrogens with one attached hydrogen (secondary N) is 1. The van der Waals surface area contributed by atoms with Gasteiger partial charge in [-0.3, -0.25) is 4.79 Å². The summed E-state index contributed by atoms with van der Waals surface area (Å²) in [7, 11) is 0. The van der Waals surface area contributed by atoms with Crippen LogP contribution in [0.2, 0.25) is 5.15 Å². The number of hydrogen-bond acceptors (Lipinski definition) is 3. The summed E-state index contributed by atoms with van der Waals surface area (Å²) in [5.41, 5.74) is 6.61. The molecule has 1 fully saturated rings. The largest absolute Gasteiger partial charge is 0.397 e. The summed E-state index contributed by atoms with van der Waals surface area (Å²) >= 11 is 5.89. The highest BCUT2D eigenvalue weighted by Gasteiger charge is 2.29. The number of nitrogen functional groups attached to an aromatic ring is 1. The SMILES string of the molecule is CC1(CNC(=O)c2cc(N)cnc2Cl)CCCC1. The molecule has 1 aliphatic rings. The van der Waals surface area contributed by atoms with Crippen molar-refractivity contribution in [1.82, 2.24) is 10.3 Å². The third-order valence-corrected chi connectivity index (χ3v) is 3.89. The first-order chi connectivity index (χ1) is 8.50. The molecule has 2 rings (SSSR count). The fraction of sp³-hybridized carbons (Fsp3) is 0.538. The minimum atomic E-state index is -0.201. The molecule has 0 unspecified atom stereocenters. The molecule has 0 atom stereocenters. The maximum atomic E-state index is 12.0. The van der Waals surface area contributed by atoms with Crippen molar-refractivity contribution in [2.24, 2.45) is 5.41 Å². The van der Waals surface area contributed by atoms with Crippen LogP contribution in [0.4, 0.5) is 5.69 Å². The number of carbonyl (C=O) groups excluding carboxylic acids is 1.